The van der Waals surface area contributed by atoms with Gasteiger partial charge in [0.2, 0.25) is 5.91 Å². The van der Waals surface area contributed by atoms with E-state index >= 15 is 0 Å². The number of amides is 1. The summed E-state index contributed by atoms with van der Waals surface area (Å²) in [7, 11) is 0. The number of hydrogen-bond donors (Lipinski definition) is 1. The first-order valence-electron chi connectivity index (χ1n) is 6.65. The first-order valence-corrected chi connectivity index (χ1v) is 6.65. The van der Waals surface area contributed by atoms with E-state index in [1.165, 1.54) is 24.8 Å². The fourth-order valence-corrected chi connectivity index (χ4v) is 2.72. The van der Waals surface area contributed by atoms with Crippen molar-refractivity contribution >= 4 is 17.3 Å². The molecule has 0 radical (unpaired) electrons. The Balaban J connectivity index is 1.87. The minimum Gasteiger partial charge on any atom is -0.365 e. The smallest absolute Gasteiger partial charge is 0.226 e. The first kappa shape index (κ1) is 11.3. The number of para-hydroxylation sites is 2. The van der Waals surface area contributed by atoms with E-state index in [1.807, 2.05) is 18.2 Å². The molecule has 3 nitrogen and oxygen atoms in total. The third-order valence-electron chi connectivity index (χ3n) is 3.66. The molecule has 1 N–H and O–H groups in total. The molecular formula is C15H18N2O. The fourth-order valence-electron chi connectivity index (χ4n) is 2.72. The summed E-state index contributed by atoms with van der Waals surface area (Å²) in [6.07, 6.45) is 6.62. The number of anilines is 2. The van der Waals surface area contributed by atoms with E-state index in [2.05, 4.69) is 22.4 Å². The third-order valence-corrected chi connectivity index (χ3v) is 3.66. The maximum Gasteiger partial charge on any atom is 0.226 e. The van der Waals surface area contributed by atoms with Crippen molar-refractivity contribution in [1.82, 2.24) is 0 Å². The summed E-state index contributed by atoms with van der Waals surface area (Å²) < 4.78 is 0. The van der Waals surface area contributed by atoms with Crippen molar-refractivity contribution < 1.29 is 4.79 Å². The van der Waals surface area contributed by atoms with Gasteiger partial charge in [-0.15, -0.1) is 0 Å². The van der Waals surface area contributed by atoms with Crippen molar-refractivity contribution in [2.24, 2.45) is 0 Å². The minimum atomic E-state index is 0.116. The molecule has 0 aromatic heterocycles. The average Bonchev–Trinajstić information content (AvgIpc) is 2.82. The van der Waals surface area contributed by atoms with Gasteiger partial charge in [-0.1, -0.05) is 23.8 Å². The van der Waals surface area contributed by atoms with Gasteiger partial charge in [-0.25, -0.2) is 0 Å². The van der Waals surface area contributed by atoms with Crippen LogP contribution < -0.4 is 10.2 Å². The number of rotatable bonds is 2. The molecule has 0 saturated carbocycles. The molecule has 1 aliphatic heterocycles. The van der Waals surface area contributed by atoms with Crippen LogP contribution in [0.2, 0.25) is 0 Å². The van der Waals surface area contributed by atoms with Crippen LogP contribution in [0.4, 0.5) is 11.4 Å². The van der Waals surface area contributed by atoms with Crippen LogP contribution in [-0.2, 0) is 4.79 Å². The standard InChI is InChI=1S/C15H18N2O/c18-15-9-10-17(11-12-5-1-2-6-12)14-8-4-3-7-13(14)16-15/h3-5,7-8H,1-2,6,9-11H2,(H,16,18). The molecule has 1 amide bonds. The minimum absolute atomic E-state index is 0.116. The van der Waals surface area contributed by atoms with Gasteiger partial charge in [0.15, 0.2) is 0 Å². The molecule has 0 saturated heterocycles. The Morgan fingerprint density at radius 2 is 2.11 bits per heavy atom. The van der Waals surface area contributed by atoms with Crippen molar-refractivity contribution in [1.29, 1.82) is 0 Å². The Labute approximate surface area is 107 Å². The van der Waals surface area contributed by atoms with Crippen LogP contribution in [-0.4, -0.2) is 19.0 Å². The Kier molecular flexibility index (Phi) is 3.05. The monoisotopic (exact) mass is 242 g/mol. The maximum atomic E-state index is 11.7. The zero-order valence-corrected chi connectivity index (χ0v) is 10.5. The maximum absolute atomic E-state index is 11.7. The molecule has 18 heavy (non-hydrogen) atoms. The molecule has 3 heteroatoms. The molecule has 0 spiro atoms. The molecule has 1 aromatic carbocycles. The summed E-state index contributed by atoms with van der Waals surface area (Å²) in [6, 6.07) is 8.08. The Morgan fingerprint density at radius 3 is 2.94 bits per heavy atom. The lowest BCUT2D eigenvalue weighted by Crippen LogP contribution is -2.26. The van der Waals surface area contributed by atoms with Gasteiger partial charge in [0.25, 0.3) is 0 Å². The summed E-state index contributed by atoms with van der Waals surface area (Å²) in [5.41, 5.74) is 3.61. The molecule has 3 rings (SSSR count). The highest BCUT2D eigenvalue weighted by atomic mass is 16.1. The Hall–Kier alpha value is -1.77. The summed E-state index contributed by atoms with van der Waals surface area (Å²) in [4.78, 5) is 14.0. The normalized spacial score (nSPS) is 19.0. The van der Waals surface area contributed by atoms with Crippen LogP contribution in [0, 0.1) is 0 Å². The molecule has 0 fully saturated rings. The van der Waals surface area contributed by atoms with Crippen molar-refractivity contribution in [3.8, 4) is 0 Å². The van der Waals surface area contributed by atoms with Gasteiger partial charge in [0, 0.05) is 19.5 Å². The number of hydrogen-bond acceptors (Lipinski definition) is 2. The zero-order chi connectivity index (χ0) is 12.4. The first-order chi connectivity index (χ1) is 8.83. The van der Waals surface area contributed by atoms with Crippen LogP contribution in [0.15, 0.2) is 35.9 Å². The fraction of sp³-hybridized carbons (Fsp3) is 0.400. The molecular weight excluding hydrogens is 224 g/mol. The van der Waals surface area contributed by atoms with E-state index in [0.717, 1.165) is 24.5 Å². The zero-order valence-electron chi connectivity index (χ0n) is 10.5. The Bertz CT molecular complexity index is 493. The van der Waals surface area contributed by atoms with Crippen LogP contribution in [0.25, 0.3) is 0 Å². The summed E-state index contributed by atoms with van der Waals surface area (Å²) in [5.74, 6) is 0.116. The van der Waals surface area contributed by atoms with E-state index in [-0.39, 0.29) is 5.91 Å². The second-order valence-electron chi connectivity index (χ2n) is 4.99. The predicted molar refractivity (Wildman–Crippen MR) is 73.8 cm³/mol. The lowest BCUT2D eigenvalue weighted by Gasteiger charge is -2.24. The summed E-state index contributed by atoms with van der Waals surface area (Å²) in [6.45, 7) is 1.77. The van der Waals surface area contributed by atoms with Crippen LogP contribution >= 0.6 is 0 Å². The second-order valence-corrected chi connectivity index (χ2v) is 4.99. The molecule has 1 aliphatic carbocycles. The SMILES string of the molecule is O=C1CCN(CC2=CCCC2)c2ccccc2N1. The van der Waals surface area contributed by atoms with Gasteiger partial charge in [0.05, 0.1) is 11.4 Å². The largest absolute Gasteiger partial charge is 0.365 e. The van der Waals surface area contributed by atoms with Crippen LogP contribution in [0.3, 0.4) is 0 Å². The predicted octanol–water partition coefficient (Wildman–Crippen LogP) is 2.95. The number of allylic oxidation sites excluding steroid dienone is 1. The second kappa shape index (κ2) is 4.84. The van der Waals surface area contributed by atoms with Gasteiger partial charge < -0.3 is 10.2 Å². The van der Waals surface area contributed by atoms with E-state index in [9.17, 15) is 4.79 Å². The molecule has 1 heterocycles. The van der Waals surface area contributed by atoms with E-state index in [4.69, 9.17) is 0 Å². The van der Waals surface area contributed by atoms with Crippen molar-refractivity contribution in [3.63, 3.8) is 0 Å². The Morgan fingerprint density at radius 1 is 1.22 bits per heavy atom. The number of benzene rings is 1. The van der Waals surface area contributed by atoms with Crippen LogP contribution in [0.1, 0.15) is 25.7 Å². The number of fused-ring (bicyclic) bond motifs is 1. The van der Waals surface area contributed by atoms with Crippen molar-refractivity contribution in [2.75, 3.05) is 23.3 Å². The molecule has 94 valence electrons. The lowest BCUT2D eigenvalue weighted by molar-refractivity contribution is -0.115. The molecule has 0 bridgehead atoms. The number of nitrogens with zero attached hydrogens (tertiary/aromatic N) is 1. The summed E-state index contributed by atoms with van der Waals surface area (Å²) >= 11 is 0. The molecule has 2 aliphatic rings. The van der Waals surface area contributed by atoms with Gasteiger partial charge in [-0.3, -0.25) is 4.79 Å². The highest BCUT2D eigenvalue weighted by Gasteiger charge is 2.19. The molecule has 1 aromatic rings. The molecule has 0 unspecified atom stereocenters. The highest BCUT2D eigenvalue weighted by molar-refractivity contribution is 5.96. The quantitative estimate of drug-likeness (QED) is 0.809. The van der Waals surface area contributed by atoms with Gasteiger partial charge in [-0.2, -0.15) is 0 Å². The third kappa shape index (κ3) is 2.26. The topological polar surface area (TPSA) is 32.3 Å². The lowest BCUT2D eigenvalue weighted by atomic mass is 10.2. The number of nitrogens with one attached hydrogen (secondary N) is 1. The van der Waals surface area contributed by atoms with E-state index in [0.29, 0.717) is 6.42 Å². The number of carbonyl (C=O) groups is 1. The van der Waals surface area contributed by atoms with E-state index in [1.54, 1.807) is 0 Å². The molecule has 0 atom stereocenters. The van der Waals surface area contributed by atoms with Crippen LogP contribution in [0.5, 0.6) is 0 Å². The van der Waals surface area contributed by atoms with Gasteiger partial charge >= 0.3 is 0 Å². The van der Waals surface area contributed by atoms with E-state index < -0.39 is 0 Å². The highest BCUT2D eigenvalue weighted by Crippen LogP contribution is 2.30. The average molecular weight is 242 g/mol. The summed E-state index contributed by atoms with van der Waals surface area (Å²) in [5, 5.41) is 2.98. The number of carbonyl (C=O) groups excluding carboxylic acids is 1. The van der Waals surface area contributed by atoms with Gasteiger partial charge in [0.1, 0.15) is 0 Å². The van der Waals surface area contributed by atoms with Crippen molar-refractivity contribution in [3.05, 3.63) is 35.9 Å². The van der Waals surface area contributed by atoms with Crippen molar-refractivity contribution in [2.45, 2.75) is 25.7 Å². The van der Waals surface area contributed by atoms with Gasteiger partial charge in [-0.05, 0) is 31.4 Å².